The van der Waals surface area contributed by atoms with Crippen molar-refractivity contribution in [2.45, 2.75) is 0 Å². The first-order valence-corrected chi connectivity index (χ1v) is 6.30. The van der Waals surface area contributed by atoms with Gasteiger partial charge in [-0.15, -0.1) is 0 Å². The Morgan fingerprint density at radius 1 is 1.28 bits per heavy atom. The highest BCUT2D eigenvalue weighted by Crippen LogP contribution is 2.11. The summed E-state index contributed by atoms with van der Waals surface area (Å²) in [5.41, 5.74) is 0.485. The fourth-order valence-corrected chi connectivity index (χ4v) is 1.62. The van der Waals surface area contributed by atoms with Crippen LogP contribution in [0.5, 0.6) is 0 Å². The Morgan fingerprint density at radius 3 is 2.61 bits per heavy atom. The Kier molecular flexibility index (Phi) is 5.88. The number of hydrogen-bond acceptors (Lipinski definition) is 2. The molecule has 0 radical (unpaired) electrons. The molecule has 0 unspecified atom stereocenters. The summed E-state index contributed by atoms with van der Waals surface area (Å²) >= 11 is 8.76. The van der Waals surface area contributed by atoms with Crippen LogP contribution in [0.2, 0.25) is 0 Å². The molecule has 0 aliphatic carbocycles. The molecule has 6 heteroatoms. The van der Waals surface area contributed by atoms with Crippen molar-refractivity contribution in [3.63, 3.8) is 0 Å². The van der Waals surface area contributed by atoms with Crippen LogP contribution in [0.15, 0.2) is 40.3 Å². The van der Waals surface area contributed by atoms with Crippen molar-refractivity contribution >= 4 is 39.3 Å². The van der Waals surface area contributed by atoms with Crippen molar-refractivity contribution < 1.29 is 9.59 Å². The molecule has 0 saturated carbocycles. The van der Waals surface area contributed by atoms with Gasteiger partial charge in [0.25, 0.3) is 5.91 Å². The molecule has 1 rings (SSSR count). The van der Waals surface area contributed by atoms with Gasteiger partial charge in [0.05, 0.1) is 13.1 Å². The second-order valence-corrected chi connectivity index (χ2v) is 4.94. The fourth-order valence-electron chi connectivity index (χ4n) is 1.15. The molecule has 0 spiro atoms. The van der Waals surface area contributed by atoms with Gasteiger partial charge in [-0.1, -0.05) is 40.2 Å². The Labute approximate surface area is 119 Å². The number of rotatable bonds is 5. The minimum Gasteiger partial charge on any atom is -0.350 e. The van der Waals surface area contributed by atoms with Gasteiger partial charge in [-0.05, 0) is 18.2 Å². The maximum absolute atomic E-state index is 11.7. The van der Waals surface area contributed by atoms with Gasteiger partial charge in [0.15, 0.2) is 0 Å². The van der Waals surface area contributed by atoms with Crippen LogP contribution in [-0.2, 0) is 4.79 Å². The molecule has 4 nitrogen and oxygen atoms in total. The molecule has 0 heterocycles. The number of nitrogens with one attached hydrogen (secondary N) is 2. The minimum atomic E-state index is -0.319. The van der Waals surface area contributed by atoms with Crippen molar-refractivity contribution in [1.29, 1.82) is 0 Å². The first-order chi connectivity index (χ1) is 8.49. The molecule has 0 aliphatic rings. The van der Waals surface area contributed by atoms with Crippen LogP contribution in [0.3, 0.4) is 0 Å². The molecule has 18 heavy (non-hydrogen) atoms. The van der Waals surface area contributed by atoms with Crippen molar-refractivity contribution in [2.24, 2.45) is 0 Å². The van der Waals surface area contributed by atoms with Gasteiger partial charge in [0, 0.05) is 15.1 Å². The van der Waals surface area contributed by atoms with Gasteiger partial charge >= 0.3 is 0 Å². The van der Waals surface area contributed by atoms with Crippen molar-refractivity contribution in [2.75, 3.05) is 13.1 Å². The van der Waals surface area contributed by atoms with E-state index in [1.165, 1.54) is 0 Å². The number of carbonyl (C=O) groups excluding carboxylic acids is 2. The van der Waals surface area contributed by atoms with Crippen LogP contribution in [-0.4, -0.2) is 24.9 Å². The molecular formula is C12H12BrClN2O2. The molecule has 0 atom stereocenters. The molecule has 2 amide bonds. The summed E-state index contributed by atoms with van der Waals surface area (Å²) in [6.45, 7) is 3.52. The topological polar surface area (TPSA) is 58.2 Å². The van der Waals surface area contributed by atoms with Crippen molar-refractivity contribution in [1.82, 2.24) is 10.6 Å². The highest BCUT2D eigenvalue weighted by atomic mass is 79.9. The lowest BCUT2D eigenvalue weighted by atomic mass is 10.2. The Morgan fingerprint density at radius 2 is 2.00 bits per heavy atom. The maximum atomic E-state index is 11.7. The monoisotopic (exact) mass is 330 g/mol. The van der Waals surface area contributed by atoms with Gasteiger partial charge in [0.1, 0.15) is 0 Å². The van der Waals surface area contributed by atoms with E-state index in [4.69, 9.17) is 11.6 Å². The average Bonchev–Trinajstić information content (AvgIpc) is 2.33. The van der Waals surface area contributed by atoms with E-state index in [2.05, 4.69) is 33.1 Å². The largest absolute Gasteiger partial charge is 0.350 e. The lowest BCUT2D eigenvalue weighted by Crippen LogP contribution is -2.37. The number of hydrogen-bond donors (Lipinski definition) is 2. The molecular weight excluding hydrogens is 320 g/mol. The lowest BCUT2D eigenvalue weighted by Gasteiger charge is -2.06. The Hall–Kier alpha value is -1.33. The second kappa shape index (κ2) is 7.18. The van der Waals surface area contributed by atoms with Gasteiger partial charge in [-0.2, -0.15) is 0 Å². The van der Waals surface area contributed by atoms with E-state index in [1.807, 2.05) is 6.07 Å². The summed E-state index contributed by atoms with van der Waals surface area (Å²) in [6, 6.07) is 6.90. The zero-order valence-electron chi connectivity index (χ0n) is 9.50. The zero-order valence-corrected chi connectivity index (χ0v) is 11.8. The Balaban J connectivity index is 2.42. The average molecular weight is 332 g/mol. The highest BCUT2D eigenvalue weighted by molar-refractivity contribution is 9.10. The summed E-state index contributed by atoms with van der Waals surface area (Å²) in [6.07, 6.45) is 0. The molecule has 0 fully saturated rings. The summed E-state index contributed by atoms with van der Waals surface area (Å²) in [5.74, 6) is -0.628. The van der Waals surface area contributed by atoms with Crippen LogP contribution in [0.25, 0.3) is 0 Å². The van der Waals surface area contributed by atoms with Crippen molar-refractivity contribution in [3.05, 3.63) is 45.9 Å². The van der Waals surface area contributed by atoms with Crippen LogP contribution in [0.4, 0.5) is 0 Å². The second-order valence-electron chi connectivity index (χ2n) is 3.49. The molecule has 1 aromatic carbocycles. The van der Waals surface area contributed by atoms with Crippen LogP contribution < -0.4 is 10.6 Å². The van der Waals surface area contributed by atoms with Crippen LogP contribution >= 0.6 is 27.5 Å². The fraction of sp³-hybridized carbons (Fsp3) is 0.167. The van der Waals surface area contributed by atoms with Crippen molar-refractivity contribution in [3.8, 4) is 0 Å². The smallest absolute Gasteiger partial charge is 0.251 e. The zero-order chi connectivity index (χ0) is 13.5. The van der Waals surface area contributed by atoms with E-state index in [9.17, 15) is 9.59 Å². The summed E-state index contributed by atoms with van der Waals surface area (Å²) in [5, 5.41) is 5.35. The van der Waals surface area contributed by atoms with Gasteiger partial charge < -0.3 is 10.6 Å². The van der Waals surface area contributed by atoms with Gasteiger partial charge in [-0.25, -0.2) is 0 Å². The number of halogens is 2. The standard InChI is InChI=1S/C12H12BrClN2O2/c1-8(14)6-15-11(17)7-16-12(18)9-3-2-4-10(13)5-9/h2-5H,1,6-7H2,(H,15,17)(H,16,18). The number of amides is 2. The molecule has 96 valence electrons. The SMILES string of the molecule is C=C(Cl)CNC(=O)CNC(=O)c1cccc(Br)c1. The minimum absolute atomic E-state index is 0.102. The normalized spacial score (nSPS) is 9.67. The maximum Gasteiger partial charge on any atom is 0.251 e. The lowest BCUT2D eigenvalue weighted by molar-refractivity contribution is -0.119. The van der Waals surface area contributed by atoms with Gasteiger partial charge in [0.2, 0.25) is 5.91 Å². The summed E-state index contributed by atoms with van der Waals surface area (Å²) in [4.78, 5) is 23.0. The van der Waals surface area contributed by atoms with E-state index in [-0.39, 0.29) is 24.9 Å². The first kappa shape index (κ1) is 14.7. The third-order valence-electron chi connectivity index (χ3n) is 1.97. The van der Waals surface area contributed by atoms with E-state index in [1.54, 1.807) is 18.2 Å². The molecule has 2 N–H and O–H groups in total. The predicted molar refractivity (Wildman–Crippen MR) is 74.5 cm³/mol. The number of benzene rings is 1. The molecule has 0 aromatic heterocycles. The summed E-state index contributed by atoms with van der Waals surface area (Å²) in [7, 11) is 0. The van der Waals surface area contributed by atoms with E-state index < -0.39 is 0 Å². The van der Waals surface area contributed by atoms with E-state index in [0.29, 0.717) is 10.6 Å². The van der Waals surface area contributed by atoms with E-state index in [0.717, 1.165) is 4.47 Å². The number of carbonyl (C=O) groups is 2. The molecule has 1 aromatic rings. The highest BCUT2D eigenvalue weighted by Gasteiger charge is 2.07. The third-order valence-corrected chi connectivity index (χ3v) is 2.60. The third kappa shape index (κ3) is 5.33. The predicted octanol–water partition coefficient (Wildman–Crippen LogP) is 2.05. The van der Waals surface area contributed by atoms with Crippen LogP contribution in [0, 0.1) is 0 Å². The molecule has 0 aliphatic heterocycles. The molecule has 0 bridgehead atoms. The first-order valence-electron chi connectivity index (χ1n) is 5.13. The quantitative estimate of drug-likeness (QED) is 0.867. The molecule has 0 saturated heterocycles. The van der Waals surface area contributed by atoms with Crippen LogP contribution in [0.1, 0.15) is 10.4 Å². The van der Waals surface area contributed by atoms with E-state index >= 15 is 0 Å². The van der Waals surface area contributed by atoms with Gasteiger partial charge in [-0.3, -0.25) is 9.59 Å². The Bertz CT molecular complexity index is 477. The summed E-state index contributed by atoms with van der Waals surface area (Å²) < 4.78 is 0.804.